The number of halogens is 1. The molecule has 2 aromatic rings. The van der Waals surface area contributed by atoms with E-state index in [1.807, 2.05) is 37.3 Å². The minimum Gasteiger partial charge on any atom is -0.389 e. The summed E-state index contributed by atoms with van der Waals surface area (Å²) in [6.45, 7) is 2.63. The predicted molar refractivity (Wildman–Crippen MR) is 86.3 cm³/mol. The molecule has 0 amide bonds. The highest BCUT2D eigenvalue weighted by atomic mass is 79.9. The number of aryl methyl sites for hydroxylation is 1. The highest BCUT2D eigenvalue weighted by Crippen LogP contribution is 2.20. The van der Waals surface area contributed by atoms with E-state index in [-0.39, 0.29) is 0 Å². The first-order chi connectivity index (χ1) is 9.09. The van der Waals surface area contributed by atoms with E-state index < -0.39 is 0 Å². The smallest absolute Gasteiger partial charge is 0.136 e. The first kappa shape index (κ1) is 14.0. The van der Waals surface area contributed by atoms with E-state index >= 15 is 0 Å². The minimum atomic E-state index is 0.361. The third-order valence-electron chi connectivity index (χ3n) is 2.81. The molecule has 2 rings (SSSR count). The number of anilines is 1. The van der Waals surface area contributed by atoms with Crippen molar-refractivity contribution in [2.45, 2.75) is 13.5 Å². The van der Waals surface area contributed by atoms with E-state index in [4.69, 9.17) is 18.0 Å². The average Bonchev–Trinajstić information content (AvgIpc) is 2.37. The van der Waals surface area contributed by atoms with Crippen LogP contribution in [-0.2, 0) is 6.54 Å². The molecule has 0 bridgehead atoms. The van der Waals surface area contributed by atoms with Crippen molar-refractivity contribution in [3.05, 3.63) is 57.7 Å². The maximum Gasteiger partial charge on any atom is 0.136 e. The maximum absolute atomic E-state index is 5.76. The van der Waals surface area contributed by atoms with Gasteiger partial charge in [-0.1, -0.05) is 46.3 Å². The number of nitrogens with zero attached hydrogens (tertiary/aromatic N) is 1. The topological polar surface area (TPSA) is 50.9 Å². The molecule has 5 heteroatoms. The summed E-state index contributed by atoms with van der Waals surface area (Å²) >= 11 is 8.60. The lowest BCUT2D eigenvalue weighted by Gasteiger charge is -2.13. The van der Waals surface area contributed by atoms with Gasteiger partial charge in [0.2, 0.25) is 0 Å². The van der Waals surface area contributed by atoms with Crippen LogP contribution < -0.4 is 11.1 Å². The van der Waals surface area contributed by atoms with Crippen LogP contribution in [0.15, 0.2) is 41.0 Å². The summed E-state index contributed by atoms with van der Waals surface area (Å²) in [6, 6.07) is 9.94. The van der Waals surface area contributed by atoms with Gasteiger partial charge in [0.05, 0.1) is 5.56 Å². The van der Waals surface area contributed by atoms with Gasteiger partial charge in [0, 0.05) is 17.2 Å². The maximum atomic E-state index is 5.76. The first-order valence-electron chi connectivity index (χ1n) is 5.82. The summed E-state index contributed by atoms with van der Waals surface area (Å²) in [7, 11) is 0. The molecule has 0 spiro atoms. The highest BCUT2D eigenvalue weighted by Gasteiger charge is 2.09. The van der Waals surface area contributed by atoms with Crippen molar-refractivity contribution in [2.75, 3.05) is 5.32 Å². The standard InChI is InChI=1S/C14H14BrN3S/c1-9-6-7-17-14(12(9)13(16)19)18-8-10-4-2-3-5-11(10)15/h2-7H,8H2,1H3,(H2,16,19)(H,17,18). The molecular weight excluding hydrogens is 322 g/mol. The SMILES string of the molecule is Cc1ccnc(NCc2ccccc2Br)c1C(N)=S. The number of pyridine rings is 1. The molecule has 0 aliphatic rings. The quantitative estimate of drug-likeness (QED) is 0.841. The van der Waals surface area contributed by atoms with Crippen LogP contribution in [0.3, 0.4) is 0 Å². The van der Waals surface area contributed by atoms with Crippen LogP contribution in [0.25, 0.3) is 0 Å². The largest absolute Gasteiger partial charge is 0.389 e. The van der Waals surface area contributed by atoms with Gasteiger partial charge in [-0.2, -0.15) is 0 Å². The third-order valence-corrected chi connectivity index (χ3v) is 3.79. The van der Waals surface area contributed by atoms with Gasteiger partial charge in [-0.05, 0) is 30.2 Å². The summed E-state index contributed by atoms with van der Waals surface area (Å²) in [4.78, 5) is 4.67. The Hall–Kier alpha value is -1.46. The van der Waals surface area contributed by atoms with E-state index in [0.29, 0.717) is 11.5 Å². The molecule has 0 saturated heterocycles. The van der Waals surface area contributed by atoms with Gasteiger partial charge in [-0.3, -0.25) is 0 Å². The zero-order valence-corrected chi connectivity index (χ0v) is 12.9. The summed E-state index contributed by atoms with van der Waals surface area (Å²) in [6.07, 6.45) is 1.75. The number of nitrogens with one attached hydrogen (secondary N) is 1. The number of benzene rings is 1. The Kier molecular flexibility index (Phi) is 4.50. The Morgan fingerprint density at radius 3 is 2.79 bits per heavy atom. The molecule has 0 unspecified atom stereocenters. The molecule has 3 nitrogen and oxygen atoms in total. The van der Waals surface area contributed by atoms with Crippen molar-refractivity contribution in [1.82, 2.24) is 4.98 Å². The minimum absolute atomic E-state index is 0.361. The lowest BCUT2D eigenvalue weighted by molar-refractivity contribution is 1.09. The molecule has 0 fully saturated rings. The second-order valence-electron chi connectivity index (χ2n) is 4.16. The molecule has 98 valence electrons. The van der Waals surface area contributed by atoms with Crippen molar-refractivity contribution >= 4 is 39.0 Å². The molecule has 1 aromatic heterocycles. The van der Waals surface area contributed by atoms with Gasteiger partial charge < -0.3 is 11.1 Å². The van der Waals surface area contributed by atoms with Crippen molar-refractivity contribution in [3.8, 4) is 0 Å². The second-order valence-corrected chi connectivity index (χ2v) is 5.45. The van der Waals surface area contributed by atoms with E-state index in [9.17, 15) is 0 Å². The fourth-order valence-electron chi connectivity index (χ4n) is 1.82. The van der Waals surface area contributed by atoms with E-state index in [1.165, 1.54) is 0 Å². The average molecular weight is 336 g/mol. The van der Waals surface area contributed by atoms with E-state index in [0.717, 1.165) is 27.0 Å². The number of hydrogen-bond donors (Lipinski definition) is 2. The second kappa shape index (κ2) is 6.12. The van der Waals surface area contributed by atoms with Crippen LogP contribution in [0.5, 0.6) is 0 Å². The van der Waals surface area contributed by atoms with Crippen molar-refractivity contribution < 1.29 is 0 Å². The molecule has 0 aliphatic heterocycles. The van der Waals surface area contributed by atoms with Gasteiger partial charge in [0.15, 0.2) is 0 Å². The van der Waals surface area contributed by atoms with Gasteiger partial charge in [-0.15, -0.1) is 0 Å². The molecular formula is C14H14BrN3S. The first-order valence-corrected chi connectivity index (χ1v) is 7.02. The van der Waals surface area contributed by atoms with Crippen molar-refractivity contribution in [3.63, 3.8) is 0 Å². The van der Waals surface area contributed by atoms with Crippen LogP contribution in [0.2, 0.25) is 0 Å². The van der Waals surface area contributed by atoms with E-state index in [2.05, 4.69) is 26.2 Å². The summed E-state index contributed by atoms with van der Waals surface area (Å²) in [5.74, 6) is 0.725. The monoisotopic (exact) mass is 335 g/mol. The Morgan fingerprint density at radius 2 is 2.11 bits per heavy atom. The fourth-order valence-corrected chi connectivity index (χ4v) is 2.51. The number of thiocarbonyl (C=S) groups is 1. The summed E-state index contributed by atoms with van der Waals surface area (Å²) in [5.41, 5.74) is 8.74. The number of aromatic nitrogens is 1. The molecule has 1 heterocycles. The van der Waals surface area contributed by atoms with Crippen LogP contribution >= 0.6 is 28.1 Å². The Morgan fingerprint density at radius 1 is 1.37 bits per heavy atom. The molecule has 3 N–H and O–H groups in total. The normalized spacial score (nSPS) is 10.2. The van der Waals surface area contributed by atoms with Gasteiger partial charge in [-0.25, -0.2) is 4.98 Å². The van der Waals surface area contributed by atoms with Crippen LogP contribution in [0.4, 0.5) is 5.82 Å². The lowest BCUT2D eigenvalue weighted by Crippen LogP contribution is -2.16. The highest BCUT2D eigenvalue weighted by molar-refractivity contribution is 9.10. The molecule has 1 aromatic carbocycles. The molecule has 0 radical (unpaired) electrons. The zero-order valence-electron chi connectivity index (χ0n) is 10.5. The van der Waals surface area contributed by atoms with Gasteiger partial charge in [0.1, 0.15) is 10.8 Å². The number of hydrogen-bond acceptors (Lipinski definition) is 3. The Balaban J connectivity index is 2.23. The van der Waals surface area contributed by atoms with Gasteiger partial charge in [0.25, 0.3) is 0 Å². The zero-order chi connectivity index (χ0) is 13.8. The van der Waals surface area contributed by atoms with Crippen LogP contribution in [0.1, 0.15) is 16.7 Å². The summed E-state index contributed by atoms with van der Waals surface area (Å²) < 4.78 is 1.06. The van der Waals surface area contributed by atoms with Crippen LogP contribution in [-0.4, -0.2) is 9.97 Å². The number of rotatable bonds is 4. The van der Waals surface area contributed by atoms with Crippen LogP contribution in [0, 0.1) is 6.92 Å². The molecule has 0 saturated carbocycles. The lowest BCUT2D eigenvalue weighted by atomic mass is 10.1. The number of nitrogens with two attached hydrogens (primary N) is 1. The Labute approximate surface area is 126 Å². The molecule has 0 aliphatic carbocycles. The molecule has 0 atom stereocenters. The third kappa shape index (κ3) is 3.30. The summed E-state index contributed by atoms with van der Waals surface area (Å²) in [5, 5.41) is 3.28. The van der Waals surface area contributed by atoms with E-state index in [1.54, 1.807) is 6.20 Å². The van der Waals surface area contributed by atoms with Crippen molar-refractivity contribution in [1.29, 1.82) is 0 Å². The molecule has 19 heavy (non-hydrogen) atoms. The Bertz CT molecular complexity index is 613. The fraction of sp³-hybridized carbons (Fsp3) is 0.143. The predicted octanol–water partition coefficient (Wildman–Crippen LogP) is 3.40. The van der Waals surface area contributed by atoms with Crippen molar-refractivity contribution in [2.24, 2.45) is 5.73 Å². The van der Waals surface area contributed by atoms with Gasteiger partial charge >= 0.3 is 0 Å².